The van der Waals surface area contributed by atoms with Crippen LogP contribution in [0.25, 0.3) is 0 Å². The standard InChI is InChI=1S/C10H14N4O4S/c1-5-4-12-10(19-5)14-9(18)13-6(8(16)17)2-3-7(11)15/h4,6H,2-3H2,1H3,(H2,11,15)(H,16,17)(H2,12,13,14,18). The Kier molecular flexibility index (Phi) is 5.24. The fourth-order valence-electron chi connectivity index (χ4n) is 1.25. The van der Waals surface area contributed by atoms with Gasteiger partial charge in [-0.05, 0) is 13.3 Å². The molecule has 1 unspecified atom stereocenters. The van der Waals surface area contributed by atoms with Gasteiger partial charge in [-0.15, -0.1) is 11.3 Å². The van der Waals surface area contributed by atoms with Gasteiger partial charge in [0.1, 0.15) is 6.04 Å². The number of primary amides is 1. The number of carboxylic acid groups (broad SMARTS) is 1. The molecule has 19 heavy (non-hydrogen) atoms. The van der Waals surface area contributed by atoms with Crippen molar-refractivity contribution in [1.29, 1.82) is 0 Å². The second-order valence-corrected chi connectivity index (χ2v) is 5.01. The second kappa shape index (κ2) is 6.69. The lowest BCUT2D eigenvalue weighted by Crippen LogP contribution is -2.43. The van der Waals surface area contributed by atoms with Gasteiger partial charge >= 0.3 is 12.0 Å². The number of urea groups is 1. The van der Waals surface area contributed by atoms with Gasteiger partial charge in [0.25, 0.3) is 0 Å². The Balaban J connectivity index is 2.51. The van der Waals surface area contributed by atoms with Crippen molar-refractivity contribution in [2.75, 3.05) is 5.32 Å². The van der Waals surface area contributed by atoms with E-state index < -0.39 is 23.9 Å². The number of rotatable bonds is 6. The Hall–Kier alpha value is -2.16. The number of carboxylic acids is 1. The average molecular weight is 286 g/mol. The van der Waals surface area contributed by atoms with Crippen LogP contribution in [0.4, 0.5) is 9.93 Å². The highest BCUT2D eigenvalue weighted by Gasteiger charge is 2.20. The molecule has 0 aliphatic heterocycles. The van der Waals surface area contributed by atoms with Crippen LogP contribution in [-0.2, 0) is 9.59 Å². The van der Waals surface area contributed by atoms with Crippen LogP contribution >= 0.6 is 11.3 Å². The first-order valence-corrected chi connectivity index (χ1v) is 6.21. The van der Waals surface area contributed by atoms with Crippen molar-refractivity contribution in [3.63, 3.8) is 0 Å². The number of carbonyl (C=O) groups excluding carboxylic acids is 2. The molecule has 1 rings (SSSR count). The maximum Gasteiger partial charge on any atom is 0.326 e. The molecule has 0 bridgehead atoms. The van der Waals surface area contributed by atoms with E-state index in [0.717, 1.165) is 4.88 Å². The van der Waals surface area contributed by atoms with E-state index >= 15 is 0 Å². The van der Waals surface area contributed by atoms with E-state index in [1.54, 1.807) is 6.20 Å². The minimum absolute atomic E-state index is 0.0605. The van der Waals surface area contributed by atoms with Crippen molar-refractivity contribution in [3.8, 4) is 0 Å². The van der Waals surface area contributed by atoms with E-state index in [1.807, 2.05) is 6.92 Å². The second-order valence-electron chi connectivity index (χ2n) is 3.77. The van der Waals surface area contributed by atoms with Crippen LogP contribution in [-0.4, -0.2) is 34.0 Å². The fraction of sp³-hybridized carbons (Fsp3) is 0.400. The Bertz CT molecular complexity index is 488. The van der Waals surface area contributed by atoms with Gasteiger partial charge in [0.15, 0.2) is 5.13 Å². The monoisotopic (exact) mass is 286 g/mol. The minimum Gasteiger partial charge on any atom is -0.480 e. The van der Waals surface area contributed by atoms with Crippen LogP contribution in [0, 0.1) is 6.92 Å². The molecular weight excluding hydrogens is 272 g/mol. The number of aliphatic carboxylic acids is 1. The number of amides is 3. The van der Waals surface area contributed by atoms with Gasteiger partial charge in [-0.1, -0.05) is 0 Å². The van der Waals surface area contributed by atoms with Gasteiger partial charge in [-0.25, -0.2) is 14.6 Å². The van der Waals surface area contributed by atoms with E-state index in [2.05, 4.69) is 15.6 Å². The van der Waals surface area contributed by atoms with Gasteiger partial charge in [0, 0.05) is 17.5 Å². The maximum atomic E-state index is 11.5. The normalized spacial score (nSPS) is 11.6. The molecule has 8 nitrogen and oxygen atoms in total. The highest BCUT2D eigenvalue weighted by Crippen LogP contribution is 2.16. The summed E-state index contributed by atoms with van der Waals surface area (Å²) in [5.41, 5.74) is 4.93. The van der Waals surface area contributed by atoms with Crippen molar-refractivity contribution < 1.29 is 19.5 Å². The number of hydrogen-bond acceptors (Lipinski definition) is 5. The number of aryl methyl sites for hydroxylation is 1. The molecule has 1 aromatic heterocycles. The molecule has 5 N–H and O–H groups in total. The van der Waals surface area contributed by atoms with Crippen molar-refractivity contribution in [2.45, 2.75) is 25.8 Å². The number of nitrogens with two attached hydrogens (primary N) is 1. The molecule has 104 valence electrons. The number of nitrogens with one attached hydrogen (secondary N) is 2. The van der Waals surface area contributed by atoms with Gasteiger partial charge < -0.3 is 16.2 Å². The summed E-state index contributed by atoms with van der Waals surface area (Å²) in [7, 11) is 0. The summed E-state index contributed by atoms with van der Waals surface area (Å²) in [6.07, 6.45) is 1.41. The summed E-state index contributed by atoms with van der Waals surface area (Å²) in [4.78, 5) is 37.9. The molecule has 0 spiro atoms. The lowest BCUT2D eigenvalue weighted by Gasteiger charge is -2.13. The number of aromatic nitrogens is 1. The number of anilines is 1. The van der Waals surface area contributed by atoms with Crippen LogP contribution in [0.15, 0.2) is 6.20 Å². The van der Waals surface area contributed by atoms with E-state index in [1.165, 1.54) is 11.3 Å². The summed E-state index contributed by atoms with van der Waals surface area (Å²) in [5.74, 6) is -1.85. The summed E-state index contributed by atoms with van der Waals surface area (Å²) in [6, 6.07) is -1.86. The first-order chi connectivity index (χ1) is 8.88. The minimum atomic E-state index is -1.23. The SMILES string of the molecule is Cc1cnc(NC(=O)NC(CCC(N)=O)C(=O)O)s1. The van der Waals surface area contributed by atoms with Gasteiger partial charge in [-0.2, -0.15) is 0 Å². The molecular formula is C10H14N4O4S. The zero-order valence-electron chi connectivity index (χ0n) is 10.2. The third-order valence-corrected chi connectivity index (χ3v) is 2.95. The van der Waals surface area contributed by atoms with Gasteiger partial charge in [0.05, 0.1) is 0 Å². The first-order valence-electron chi connectivity index (χ1n) is 5.39. The zero-order valence-corrected chi connectivity index (χ0v) is 11.0. The van der Waals surface area contributed by atoms with Crippen LogP contribution < -0.4 is 16.4 Å². The lowest BCUT2D eigenvalue weighted by atomic mass is 10.1. The van der Waals surface area contributed by atoms with Gasteiger partial charge in [-0.3, -0.25) is 10.1 Å². The fourth-order valence-corrected chi connectivity index (χ4v) is 1.91. The number of nitrogens with zero attached hydrogens (tertiary/aromatic N) is 1. The molecule has 0 aromatic carbocycles. The molecule has 3 amide bonds. The summed E-state index contributed by atoms with van der Waals surface area (Å²) < 4.78 is 0. The topological polar surface area (TPSA) is 134 Å². The maximum absolute atomic E-state index is 11.5. The predicted octanol–water partition coefficient (Wildman–Crippen LogP) is 0.292. The smallest absolute Gasteiger partial charge is 0.326 e. The average Bonchev–Trinajstić information content (AvgIpc) is 2.69. The van der Waals surface area contributed by atoms with Crippen molar-refractivity contribution >= 4 is 34.4 Å². The Morgan fingerprint density at radius 2 is 2.21 bits per heavy atom. The Morgan fingerprint density at radius 3 is 2.68 bits per heavy atom. The summed E-state index contributed by atoms with van der Waals surface area (Å²) >= 11 is 1.27. The molecule has 0 saturated heterocycles. The number of hydrogen-bond donors (Lipinski definition) is 4. The summed E-state index contributed by atoms with van der Waals surface area (Å²) in [6.45, 7) is 1.83. The third-order valence-electron chi connectivity index (χ3n) is 2.12. The van der Waals surface area contributed by atoms with Gasteiger partial charge in [0.2, 0.25) is 5.91 Å². The van der Waals surface area contributed by atoms with E-state index in [0.29, 0.717) is 5.13 Å². The van der Waals surface area contributed by atoms with Crippen molar-refractivity contribution in [2.24, 2.45) is 5.73 Å². The summed E-state index contributed by atoms with van der Waals surface area (Å²) in [5, 5.41) is 13.9. The molecule has 0 fully saturated rings. The van der Waals surface area contributed by atoms with Crippen molar-refractivity contribution in [1.82, 2.24) is 10.3 Å². The predicted molar refractivity (Wildman–Crippen MR) is 68.9 cm³/mol. The van der Waals surface area contributed by atoms with E-state index in [4.69, 9.17) is 10.8 Å². The van der Waals surface area contributed by atoms with Crippen molar-refractivity contribution in [3.05, 3.63) is 11.1 Å². The van der Waals surface area contributed by atoms with Crippen LogP contribution in [0.3, 0.4) is 0 Å². The molecule has 1 heterocycles. The van der Waals surface area contributed by atoms with Crippen LogP contribution in [0.5, 0.6) is 0 Å². The molecule has 1 aromatic rings. The molecule has 0 aliphatic carbocycles. The lowest BCUT2D eigenvalue weighted by molar-refractivity contribution is -0.139. The third kappa shape index (κ3) is 5.34. The first kappa shape index (κ1) is 14.9. The van der Waals surface area contributed by atoms with Crippen LogP contribution in [0.1, 0.15) is 17.7 Å². The quantitative estimate of drug-likeness (QED) is 0.596. The van der Waals surface area contributed by atoms with Crippen LogP contribution in [0.2, 0.25) is 0 Å². The van der Waals surface area contributed by atoms with E-state index in [9.17, 15) is 14.4 Å². The highest BCUT2D eigenvalue weighted by atomic mass is 32.1. The molecule has 9 heteroatoms. The molecule has 0 radical (unpaired) electrons. The largest absolute Gasteiger partial charge is 0.480 e. The molecule has 0 saturated carbocycles. The molecule has 1 atom stereocenters. The highest BCUT2D eigenvalue weighted by molar-refractivity contribution is 7.15. The number of thiazole rings is 1. The molecule has 0 aliphatic rings. The Labute approximate surface area is 113 Å². The number of carbonyl (C=O) groups is 3. The Morgan fingerprint density at radius 1 is 1.53 bits per heavy atom. The zero-order chi connectivity index (χ0) is 14.4. The van der Waals surface area contributed by atoms with E-state index in [-0.39, 0.29) is 12.8 Å².